The molecule has 0 radical (unpaired) electrons. The number of sulfonamides is 1. The Hall–Kier alpha value is -2.42. The molecule has 0 atom stereocenters. The van der Waals surface area contributed by atoms with Crippen LogP contribution in [0.2, 0.25) is 0 Å². The van der Waals surface area contributed by atoms with E-state index in [4.69, 9.17) is 5.11 Å². The lowest BCUT2D eigenvalue weighted by atomic mass is 10.4. The molecule has 0 saturated heterocycles. The summed E-state index contributed by atoms with van der Waals surface area (Å²) in [5, 5.41) is 8.85. The zero-order valence-electron chi connectivity index (χ0n) is 8.86. The van der Waals surface area contributed by atoms with Crippen LogP contribution in [0.25, 0.3) is 0 Å². The predicted octanol–water partition coefficient (Wildman–Crippen LogP) is 0.304. The van der Waals surface area contributed by atoms with E-state index in [-0.39, 0.29) is 10.7 Å². The summed E-state index contributed by atoms with van der Waals surface area (Å²) >= 11 is 0. The Morgan fingerprint density at radius 3 is 2.67 bits per heavy atom. The molecule has 2 aromatic heterocycles. The van der Waals surface area contributed by atoms with Gasteiger partial charge in [0.25, 0.3) is 10.0 Å². The number of H-pyrrole nitrogens is 1. The fourth-order valence-electron chi connectivity index (χ4n) is 1.23. The normalized spacial score (nSPS) is 11.1. The molecular formula is C9H8N4O4S. The Morgan fingerprint density at radius 1 is 1.33 bits per heavy atom. The van der Waals surface area contributed by atoms with E-state index < -0.39 is 21.7 Å². The van der Waals surface area contributed by atoms with Crippen LogP contribution in [-0.4, -0.2) is 34.4 Å². The maximum Gasteiger partial charge on any atom is 0.358 e. The number of rotatable bonds is 4. The summed E-state index contributed by atoms with van der Waals surface area (Å²) in [4.78, 5) is 20.6. The third-order valence-corrected chi connectivity index (χ3v) is 3.35. The standard InChI is InChI=1S/C9H8N4O4S/c14-9(15)7-8(12-4-3-11-7)13-18(16,17)6-1-2-10-5-6/h1-5,10H,(H,12,13)(H,14,15). The van der Waals surface area contributed by atoms with Crippen molar-refractivity contribution in [3.63, 3.8) is 0 Å². The molecule has 0 bridgehead atoms. The van der Waals surface area contributed by atoms with Crippen molar-refractivity contribution < 1.29 is 18.3 Å². The second-order valence-electron chi connectivity index (χ2n) is 3.21. The summed E-state index contributed by atoms with van der Waals surface area (Å²) in [5.41, 5.74) is -0.461. The van der Waals surface area contributed by atoms with E-state index in [9.17, 15) is 13.2 Å². The van der Waals surface area contributed by atoms with Crippen molar-refractivity contribution in [1.82, 2.24) is 15.0 Å². The Morgan fingerprint density at radius 2 is 2.06 bits per heavy atom. The molecular weight excluding hydrogens is 260 g/mol. The van der Waals surface area contributed by atoms with Crippen molar-refractivity contribution in [3.05, 3.63) is 36.5 Å². The van der Waals surface area contributed by atoms with Gasteiger partial charge in [0.05, 0.1) is 0 Å². The number of hydrogen-bond donors (Lipinski definition) is 3. The minimum Gasteiger partial charge on any atom is -0.476 e. The lowest BCUT2D eigenvalue weighted by Crippen LogP contribution is -2.17. The Labute approximate surface area is 102 Å². The molecule has 0 unspecified atom stereocenters. The highest BCUT2D eigenvalue weighted by atomic mass is 32.2. The first-order valence-corrected chi connectivity index (χ1v) is 6.19. The average Bonchev–Trinajstić information content (AvgIpc) is 2.83. The second kappa shape index (κ2) is 4.45. The number of aromatic nitrogens is 3. The molecule has 0 aliphatic rings. The number of carboxylic acid groups (broad SMARTS) is 1. The first kappa shape index (κ1) is 12.0. The molecule has 2 rings (SSSR count). The van der Waals surface area contributed by atoms with Crippen molar-refractivity contribution in [2.75, 3.05) is 4.72 Å². The number of anilines is 1. The summed E-state index contributed by atoms with van der Waals surface area (Å²) in [6.07, 6.45) is 5.06. The highest BCUT2D eigenvalue weighted by Crippen LogP contribution is 2.15. The third-order valence-electron chi connectivity index (χ3n) is 2.01. The van der Waals surface area contributed by atoms with E-state index >= 15 is 0 Å². The van der Waals surface area contributed by atoms with E-state index in [2.05, 4.69) is 19.7 Å². The smallest absolute Gasteiger partial charge is 0.358 e. The second-order valence-corrected chi connectivity index (χ2v) is 4.89. The van der Waals surface area contributed by atoms with E-state index in [1.807, 2.05) is 0 Å². The lowest BCUT2D eigenvalue weighted by Gasteiger charge is -2.06. The van der Waals surface area contributed by atoms with E-state index in [0.29, 0.717) is 0 Å². The molecule has 0 fully saturated rings. The summed E-state index contributed by atoms with van der Waals surface area (Å²) in [6, 6.07) is 1.33. The molecule has 0 spiro atoms. The molecule has 0 aliphatic carbocycles. The number of nitrogens with zero attached hydrogens (tertiary/aromatic N) is 2. The van der Waals surface area contributed by atoms with Crippen LogP contribution < -0.4 is 4.72 Å². The maximum atomic E-state index is 11.8. The Balaban J connectivity index is 2.39. The molecule has 0 saturated carbocycles. The van der Waals surface area contributed by atoms with E-state index in [1.54, 1.807) is 0 Å². The molecule has 8 nitrogen and oxygen atoms in total. The van der Waals surface area contributed by atoms with Crippen LogP contribution in [0, 0.1) is 0 Å². The summed E-state index contributed by atoms with van der Waals surface area (Å²) in [6.45, 7) is 0. The highest BCUT2D eigenvalue weighted by Gasteiger charge is 2.20. The van der Waals surface area contributed by atoms with Crippen LogP contribution in [0.5, 0.6) is 0 Å². The van der Waals surface area contributed by atoms with Gasteiger partial charge >= 0.3 is 5.97 Å². The van der Waals surface area contributed by atoms with Gasteiger partial charge in [-0.2, -0.15) is 0 Å². The average molecular weight is 268 g/mol. The van der Waals surface area contributed by atoms with Crippen molar-refractivity contribution >= 4 is 21.8 Å². The SMILES string of the molecule is O=C(O)c1nccnc1NS(=O)(=O)c1cc[nH]c1. The molecule has 18 heavy (non-hydrogen) atoms. The van der Waals surface area contributed by atoms with E-state index in [1.165, 1.54) is 24.7 Å². The van der Waals surface area contributed by atoms with Gasteiger partial charge in [0.15, 0.2) is 11.5 Å². The quantitative estimate of drug-likeness (QED) is 0.732. The van der Waals surface area contributed by atoms with Crippen LogP contribution in [0.1, 0.15) is 10.5 Å². The van der Waals surface area contributed by atoms with Gasteiger partial charge in [-0.1, -0.05) is 0 Å². The van der Waals surface area contributed by atoms with Crippen LogP contribution in [0.15, 0.2) is 35.7 Å². The molecule has 0 amide bonds. The predicted molar refractivity (Wildman–Crippen MR) is 60.6 cm³/mol. The molecule has 3 N–H and O–H groups in total. The zero-order chi connectivity index (χ0) is 13.2. The number of aromatic carboxylic acids is 1. The van der Waals surface area contributed by atoms with Crippen molar-refractivity contribution in [1.29, 1.82) is 0 Å². The highest BCUT2D eigenvalue weighted by molar-refractivity contribution is 7.92. The molecule has 0 aliphatic heterocycles. The fourth-order valence-corrected chi connectivity index (χ4v) is 2.22. The van der Waals surface area contributed by atoms with Gasteiger partial charge in [0.2, 0.25) is 0 Å². The van der Waals surface area contributed by atoms with Gasteiger partial charge in [0.1, 0.15) is 4.90 Å². The van der Waals surface area contributed by atoms with Crippen LogP contribution in [0.3, 0.4) is 0 Å². The Kier molecular flexibility index (Phi) is 2.98. The summed E-state index contributed by atoms with van der Waals surface area (Å²) < 4.78 is 25.8. The Bertz CT molecular complexity index is 666. The van der Waals surface area contributed by atoms with Crippen LogP contribution >= 0.6 is 0 Å². The van der Waals surface area contributed by atoms with Gasteiger partial charge in [-0.15, -0.1) is 0 Å². The first-order valence-electron chi connectivity index (χ1n) is 4.70. The van der Waals surface area contributed by atoms with Crippen LogP contribution in [0.4, 0.5) is 5.82 Å². The minimum absolute atomic E-state index is 0.0236. The monoisotopic (exact) mass is 268 g/mol. The van der Waals surface area contributed by atoms with Gasteiger partial charge in [-0.05, 0) is 6.07 Å². The summed E-state index contributed by atoms with van der Waals surface area (Å²) in [7, 11) is -3.87. The van der Waals surface area contributed by atoms with Gasteiger partial charge in [0, 0.05) is 24.8 Å². The number of aromatic amines is 1. The topological polar surface area (TPSA) is 125 Å². The summed E-state index contributed by atoms with van der Waals surface area (Å²) in [5.74, 6) is -1.69. The fraction of sp³-hybridized carbons (Fsp3) is 0. The van der Waals surface area contributed by atoms with Crippen LogP contribution in [-0.2, 0) is 10.0 Å². The zero-order valence-corrected chi connectivity index (χ0v) is 9.68. The minimum atomic E-state index is -3.87. The molecule has 2 aromatic rings. The van der Waals surface area contributed by atoms with Gasteiger partial charge in [-0.3, -0.25) is 4.72 Å². The molecule has 9 heteroatoms. The third kappa shape index (κ3) is 2.30. The maximum absolute atomic E-state index is 11.8. The van der Waals surface area contributed by atoms with Crippen molar-refractivity contribution in [2.45, 2.75) is 4.90 Å². The number of nitrogens with one attached hydrogen (secondary N) is 2. The van der Waals surface area contributed by atoms with E-state index in [0.717, 1.165) is 6.20 Å². The molecule has 2 heterocycles. The van der Waals surface area contributed by atoms with Gasteiger partial charge in [-0.25, -0.2) is 23.2 Å². The number of carbonyl (C=O) groups is 1. The largest absolute Gasteiger partial charge is 0.476 e. The van der Waals surface area contributed by atoms with Crippen molar-refractivity contribution in [2.24, 2.45) is 0 Å². The van der Waals surface area contributed by atoms with Crippen molar-refractivity contribution in [3.8, 4) is 0 Å². The lowest BCUT2D eigenvalue weighted by molar-refractivity contribution is 0.0691. The van der Waals surface area contributed by atoms with Gasteiger partial charge < -0.3 is 10.1 Å². The molecule has 94 valence electrons. The number of carboxylic acids is 1. The number of hydrogen-bond acceptors (Lipinski definition) is 5. The first-order chi connectivity index (χ1) is 8.50. The molecule has 0 aromatic carbocycles.